The van der Waals surface area contributed by atoms with Gasteiger partial charge in [0, 0.05) is 33.0 Å². The molecule has 2 heteroatoms. The highest BCUT2D eigenvalue weighted by Gasteiger charge is 2.44. The Morgan fingerprint density at radius 3 is 1.24 bits per heavy atom. The lowest BCUT2D eigenvalue weighted by Crippen LogP contribution is -2.31. The highest BCUT2D eigenvalue weighted by molar-refractivity contribution is 5.94. The van der Waals surface area contributed by atoms with E-state index in [0.717, 1.165) is 6.42 Å². The largest absolute Gasteiger partial charge is 0.310 e. The van der Waals surface area contributed by atoms with Gasteiger partial charge in [0.25, 0.3) is 0 Å². The van der Waals surface area contributed by atoms with Crippen molar-refractivity contribution in [3.63, 3.8) is 0 Å². The second kappa shape index (κ2) is 23.0. The summed E-state index contributed by atoms with van der Waals surface area (Å²) < 4.78 is 0. The fourth-order valence-electron chi connectivity index (χ4n) is 15.0. The van der Waals surface area contributed by atoms with E-state index in [-0.39, 0.29) is 27.1 Å². The molecule has 2 aliphatic heterocycles. The second-order valence-electron chi connectivity index (χ2n) is 28.1. The lowest BCUT2D eigenvalue weighted by Gasteiger charge is -2.43. The van der Waals surface area contributed by atoms with Gasteiger partial charge in [-0.25, -0.2) is 0 Å². The highest BCUT2D eigenvalue weighted by atomic mass is 15.2. The molecule has 0 N–H and O–H groups in total. The van der Waals surface area contributed by atoms with Crippen LogP contribution in [0.25, 0.3) is 61.7 Å². The van der Waals surface area contributed by atoms with Crippen LogP contribution >= 0.6 is 0 Å². The number of nitrogens with zero attached hydrogens (tertiary/aromatic N) is 2. The number of fused-ring (bicyclic) bond motifs is 10. The number of aryl methyl sites for hydroxylation is 1. The molecule has 0 spiro atoms. The van der Waals surface area contributed by atoms with Crippen molar-refractivity contribution < 1.29 is 0 Å². The Morgan fingerprint density at radius 1 is 0.367 bits per heavy atom. The summed E-state index contributed by atoms with van der Waals surface area (Å²) in [6.45, 7) is 42.4. The molecule has 90 heavy (non-hydrogen) atoms. The Morgan fingerprint density at radius 2 is 0.756 bits per heavy atom. The van der Waals surface area contributed by atoms with Crippen molar-refractivity contribution in [3.05, 3.63) is 305 Å². The summed E-state index contributed by atoms with van der Waals surface area (Å²) in [5, 5.41) is 0. The molecular formula is C88H88N2. The van der Waals surface area contributed by atoms with Crippen LogP contribution < -0.4 is 9.80 Å². The normalized spacial score (nSPS) is 15.2. The van der Waals surface area contributed by atoms with E-state index in [2.05, 4.69) is 332 Å². The maximum absolute atomic E-state index is 3.36. The van der Waals surface area contributed by atoms with Crippen LogP contribution in [-0.4, -0.2) is 0 Å². The number of allylic oxidation sites excluding steroid dienone is 4. The molecule has 0 bridgehead atoms. The third-order valence-corrected chi connectivity index (χ3v) is 20.1. The van der Waals surface area contributed by atoms with E-state index in [1.807, 2.05) is 6.92 Å². The number of para-hydroxylation sites is 2. The van der Waals surface area contributed by atoms with Gasteiger partial charge in [0.15, 0.2) is 0 Å². The molecule has 4 aliphatic rings. The summed E-state index contributed by atoms with van der Waals surface area (Å²) in [4.78, 5) is 5.01. The maximum atomic E-state index is 3.36. The Kier molecular flexibility index (Phi) is 15.6. The third kappa shape index (κ3) is 10.0. The molecule has 10 aromatic carbocycles. The monoisotopic (exact) mass is 1170 g/mol. The molecular weight excluding hydrogens is 1080 g/mol. The van der Waals surface area contributed by atoms with Gasteiger partial charge in [-0.3, -0.25) is 0 Å². The minimum atomic E-state index is -0.212. The summed E-state index contributed by atoms with van der Waals surface area (Å²) >= 11 is 0. The minimum Gasteiger partial charge on any atom is -0.310 e. The van der Waals surface area contributed by atoms with Gasteiger partial charge in [0.05, 0.1) is 22.7 Å². The number of hydrogen-bond acceptors (Lipinski definition) is 2. The number of hydrogen-bond donors (Lipinski definition) is 0. The zero-order valence-corrected chi connectivity index (χ0v) is 55.7. The Hall–Kier alpha value is -9.24. The molecule has 0 saturated carbocycles. The van der Waals surface area contributed by atoms with Gasteiger partial charge >= 0.3 is 0 Å². The van der Waals surface area contributed by atoms with Crippen molar-refractivity contribution >= 4 is 40.2 Å². The topological polar surface area (TPSA) is 6.48 Å². The summed E-state index contributed by atoms with van der Waals surface area (Å²) in [6, 6.07) is 77.4. The molecule has 0 aromatic heterocycles. The van der Waals surface area contributed by atoms with Crippen molar-refractivity contribution in [3.8, 4) is 55.6 Å². The summed E-state index contributed by atoms with van der Waals surface area (Å²) in [7, 11) is 0. The van der Waals surface area contributed by atoms with E-state index in [0.29, 0.717) is 0 Å². The molecule has 2 nitrogen and oxygen atoms in total. The van der Waals surface area contributed by atoms with E-state index in [9.17, 15) is 0 Å². The first-order valence-corrected chi connectivity index (χ1v) is 32.4. The van der Waals surface area contributed by atoms with Crippen LogP contribution in [0.4, 0.5) is 34.1 Å². The zero-order valence-electron chi connectivity index (χ0n) is 55.7. The SMILES string of the molecule is C/C=C\c1cc(N2c3ccccc3C(C)(C)c3cc4c(cc32)C(C)(C)c2cc(-c3ccc5c(c3)C(C)(C)c3cc(-c6ccc(-c7ccc8c(c7)N(c7ccc(C(C)(C)C)cc7)c7ccccc7C8(C)C)cc6)ccc3-5)ccc2-4)ccc1CC.C=CC.C=CC=C. The van der Waals surface area contributed by atoms with Crippen LogP contribution in [-0.2, 0) is 33.5 Å². The quantitative estimate of drug-likeness (QED) is 0.111. The van der Waals surface area contributed by atoms with E-state index < -0.39 is 0 Å². The summed E-state index contributed by atoms with van der Waals surface area (Å²) in [5.41, 5.74) is 34.5. The average Bonchev–Trinajstić information content (AvgIpc) is 1.31. The van der Waals surface area contributed by atoms with Crippen LogP contribution in [0.15, 0.2) is 244 Å². The average molecular weight is 1170 g/mol. The molecule has 14 rings (SSSR count). The van der Waals surface area contributed by atoms with E-state index in [1.54, 1.807) is 18.2 Å². The molecule has 2 heterocycles. The molecule has 10 aromatic rings. The zero-order chi connectivity index (χ0) is 63.8. The van der Waals surface area contributed by atoms with Gasteiger partial charge in [0.1, 0.15) is 0 Å². The van der Waals surface area contributed by atoms with Crippen LogP contribution in [0.5, 0.6) is 0 Å². The second-order valence-corrected chi connectivity index (χ2v) is 28.1. The van der Waals surface area contributed by atoms with E-state index in [1.165, 1.54) is 151 Å². The van der Waals surface area contributed by atoms with Crippen molar-refractivity contribution in [2.45, 2.75) is 130 Å². The summed E-state index contributed by atoms with van der Waals surface area (Å²) in [5.74, 6) is 0. The predicted octanol–water partition coefficient (Wildman–Crippen LogP) is 25.0. The van der Waals surface area contributed by atoms with Gasteiger partial charge in [-0.2, -0.15) is 0 Å². The van der Waals surface area contributed by atoms with Crippen LogP contribution in [0.2, 0.25) is 0 Å². The van der Waals surface area contributed by atoms with Crippen LogP contribution in [0, 0.1) is 0 Å². The summed E-state index contributed by atoms with van der Waals surface area (Å²) in [6.07, 6.45) is 10.4. The predicted molar refractivity (Wildman–Crippen MR) is 391 cm³/mol. The Balaban J connectivity index is 0.00000107. The molecule has 0 unspecified atom stereocenters. The van der Waals surface area contributed by atoms with Gasteiger partial charge in [-0.05, 0) is 215 Å². The standard InChI is InChI=1S/C81H76N2.C4H6.C3H6/c1-14-20-53-43-60(36-29-50(53)15-2)83-74-24-19-17-22-66(74)79(8,9)72-48-64-63-41-32-56(46-70(63)81(12,13)71(64)49-76(72)83)55-31-40-62-61-39-30-54(44-68(61)80(10,11)69(62)45-55)51-25-27-52(28-26-51)57-33-42-67-75(47-57)82(59-37-34-58(35-38-59)77(3,4)5)73-23-18-16-21-65(73)78(67,6)7;1-3-4-2;1-3-2/h14,16-49H,15H2,1-13H3;3-4H,1-2H2;3H,1H2,2H3/b20-14-;;. The molecule has 0 radical (unpaired) electrons. The van der Waals surface area contributed by atoms with Crippen molar-refractivity contribution in [2.24, 2.45) is 0 Å². The van der Waals surface area contributed by atoms with E-state index in [4.69, 9.17) is 0 Å². The highest BCUT2D eigenvalue weighted by Crippen LogP contribution is 2.59. The first-order valence-electron chi connectivity index (χ1n) is 32.4. The molecule has 450 valence electrons. The van der Waals surface area contributed by atoms with E-state index >= 15 is 0 Å². The first kappa shape index (κ1) is 61.0. The Bertz CT molecular complexity index is 4500. The first-order chi connectivity index (χ1) is 43.0. The molecule has 0 saturated heterocycles. The van der Waals surface area contributed by atoms with Gasteiger partial charge in [-0.1, -0.05) is 254 Å². The fourth-order valence-corrected chi connectivity index (χ4v) is 15.0. The van der Waals surface area contributed by atoms with Crippen molar-refractivity contribution in [1.29, 1.82) is 0 Å². The maximum Gasteiger partial charge on any atom is 0.0508 e. The van der Waals surface area contributed by atoms with Gasteiger partial charge in [-0.15, -0.1) is 6.58 Å². The minimum absolute atomic E-state index is 0.0828. The third-order valence-electron chi connectivity index (χ3n) is 20.1. The lowest BCUT2D eigenvalue weighted by atomic mass is 9.71. The van der Waals surface area contributed by atoms with Gasteiger partial charge < -0.3 is 9.80 Å². The number of rotatable bonds is 8. The van der Waals surface area contributed by atoms with Crippen molar-refractivity contribution in [1.82, 2.24) is 0 Å². The smallest absolute Gasteiger partial charge is 0.0508 e. The van der Waals surface area contributed by atoms with Gasteiger partial charge in [0.2, 0.25) is 0 Å². The molecule has 0 fully saturated rings. The Labute approximate surface area is 538 Å². The lowest BCUT2D eigenvalue weighted by molar-refractivity contribution is 0.590. The van der Waals surface area contributed by atoms with Crippen LogP contribution in [0.3, 0.4) is 0 Å². The molecule has 0 amide bonds. The number of benzene rings is 10. The van der Waals surface area contributed by atoms with Crippen LogP contribution in [0.1, 0.15) is 158 Å². The fraction of sp³-hybridized carbons (Fsp3) is 0.227. The molecule has 0 atom stereocenters. The molecule has 2 aliphatic carbocycles. The van der Waals surface area contributed by atoms with Crippen molar-refractivity contribution in [2.75, 3.05) is 9.80 Å². The number of anilines is 6.